The smallest absolute Gasteiger partial charge is 0.191 e. The van der Waals surface area contributed by atoms with Gasteiger partial charge in [0.2, 0.25) is 0 Å². The lowest BCUT2D eigenvalue weighted by molar-refractivity contribution is 0.0703. The molecule has 1 heterocycles. The molecule has 1 saturated carbocycles. The van der Waals surface area contributed by atoms with Gasteiger partial charge >= 0.3 is 0 Å². The summed E-state index contributed by atoms with van der Waals surface area (Å²) in [6.45, 7) is 1.22. The third-order valence-electron chi connectivity index (χ3n) is 3.37. The van der Waals surface area contributed by atoms with Gasteiger partial charge in [-0.05, 0) is 37.0 Å². The number of aliphatic hydroxyl groups excluding tert-OH is 1. The van der Waals surface area contributed by atoms with Crippen LogP contribution in [-0.2, 0) is 0 Å². The van der Waals surface area contributed by atoms with Crippen molar-refractivity contribution in [3.63, 3.8) is 0 Å². The highest BCUT2D eigenvalue weighted by Crippen LogP contribution is 2.35. The van der Waals surface area contributed by atoms with E-state index >= 15 is 0 Å². The second kappa shape index (κ2) is 4.61. The van der Waals surface area contributed by atoms with Crippen LogP contribution in [0.15, 0.2) is 18.2 Å². The first-order valence-corrected chi connectivity index (χ1v) is 6.37. The molecule has 1 aromatic rings. The molecular formula is C14H16O4. The summed E-state index contributed by atoms with van der Waals surface area (Å²) >= 11 is 0. The number of carbonyl (C=O) groups is 1. The van der Waals surface area contributed by atoms with Gasteiger partial charge in [-0.2, -0.15) is 0 Å². The fraction of sp³-hybridized carbons (Fsp3) is 0.500. The van der Waals surface area contributed by atoms with E-state index in [9.17, 15) is 9.90 Å². The molecule has 0 aromatic heterocycles. The summed E-state index contributed by atoms with van der Waals surface area (Å²) in [5.74, 6) is 1.20. The summed E-state index contributed by atoms with van der Waals surface area (Å²) in [6.07, 6.45) is 1.85. The van der Waals surface area contributed by atoms with Crippen molar-refractivity contribution < 1.29 is 19.4 Å². The maximum atomic E-state index is 12.1. The number of ether oxygens (including phenoxy) is 2. The lowest BCUT2D eigenvalue weighted by Crippen LogP contribution is -2.22. The number of ketones is 1. The Kier molecular flexibility index (Phi) is 2.96. The van der Waals surface area contributed by atoms with Gasteiger partial charge in [-0.1, -0.05) is 0 Å². The quantitative estimate of drug-likeness (QED) is 0.829. The molecule has 2 aliphatic rings. The van der Waals surface area contributed by atoms with Gasteiger partial charge in [-0.3, -0.25) is 4.79 Å². The Morgan fingerprint density at radius 2 is 1.94 bits per heavy atom. The van der Waals surface area contributed by atoms with Gasteiger partial charge in [0.1, 0.15) is 6.10 Å². The van der Waals surface area contributed by atoms with Gasteiger partial charge in [-0.25, -0.2) is 0 Å². The Morgan fingerprint density at radius 1 is 1.22 bits per heavy atom. The minimum Gasteiger partial charge on any atom is -0.490 e. The number of aliphatic hydroxyl groups is 1. The fourth-order valence-corrected chi connectivity index (χ4v) is 2.11. The van der Waals surface area contributed by atoms with Crippen LogP contribution in [-0.4, -0.2) is 30.2 Å². The molecule has 0 bridgehead atoms. The van der Waals surface area contributed by atoms with E-state index in [1.165, 1.54) is 0 Å². The highest BCUT2D eigenvalue weighted by atomic mass is 16.5. The lowest BCUT2D eigenvalue weighted by Gasteiger charge is -2.11. The van der Waals surface area contributed by atoms with Gasteiger partial charge in [0.05, 0.1) is 13.2 Å². The third kappa shape index (κ3) is 2.20. The number of hydrogen-bond donors (Lipinski definition) is 1. The monoisotopic (exact) mass is 248 g/mol. The van der Waals surface area contributed by atoms with Crippen molar-refractivity contribution in [2.75, 3.05) is 13.2 Å². The summed E-state index contributed by atoms with van der Waals surface area (Å²) in [4.78, 5) is 12.1. The molecule has 3 rings (SSSR count). The Balaban J connectivity index is 1.84. The predicted molar refractivity (Wildman–Crippen MR) is 65.1 cm³/mol. The van der Waals surface area contributed by atoms with Gasteiger partial charge < -0.3 is 14.6 Å². The molecule has 1 atom stereocenters. The minimum atomic E-state index is -0.866. The van der Waals surface area contributed by atoms with Gasteiger partial charge in [-0.15, -0.1) is 0 Å². The van der Waals surface area contributed by atoms with Gasteiger partial charge in [0.25, 0.3) is 0 Å². The van der Waals surface area contributed by atoms with Crippen LogP contribution in [0.3, 0.4) is 0 Å². The Bertz CT molecular complexity index is 465. The Labute approximate surface area is 106 Å². The molecule has 1 N–H and O–H groups in total. The highest BCUT2D eigenvalue weighted by molar-refractivity contribution is 6.00. The van der Waals surface area contributed by atoms with Crippen molar-refractivity contribution in [3.05, 3.63) is 23.8 Å². The first kappa shape index (κ1) is 11.5. The van der Waals surface area contributed by atoms with Crippen LogP contribution in [0.1, 0.15) is 29.6 Å². The van der Waals surface area contributed by atoms with E-state index in [1.807, 2.05) is 0 Å². The molecule has 4 heteroatoms. The normalized spacial score (nSPS) is 20.1. The Hall–Kier alpha value is -1.55. The van der Waals surface area contributed by atoms with E-state index in [0.29, 0.717) is 30.3 Å². The largest absolute Gasteiger partial charge is 0.490 e. The first-order valence-electron chi connectivity index (χ1n) is 6.37. The molecule has 1 aromatic carbocycles. The maximum absolute atomic E-state index is 12.1. The molecule has 18 heavy (non-hydrogen) atoms. The summed E-state index contributed by atoms with van der Waals surface area (Å²) in [5, 5.41) is 9.85. The van der Waals surface area contributed by atoms with Crippen LogP contribution >= 0.6 is 0 Å². The molecule has 0 amide bonds. The number of benzene rings is 1. The maximum Gasteiger partial charge on any atom is 0.191 e. The molecule has 1 aliphatic carbocycles. The van der Waals surface area contributed by atoms with E-state index in [0.717, 1.165) is 19.3 Å². The fourth-order valence-electron chi connectivity index (χ4n) is 2.11. The number of fused-ring (bicyclic) bond motifs is 1. The number of rotatable bonds is 3. The standard InChI is InChI=1S/C14H16O4/c15-13(9-2-3-9)14(16)10-4-5-11-12(8-10)18-7-1-6-17-11/h4-5,8-9,13,15H,1-3,6-7H2. The van der Waals surface area contributed by atoms with Gasteiger partial charge in [0, 0.05) is 12.0 Å². The average molecular weight is 248 g/mol. The second-order valence-corrected chi connectivity index (χ2v) is 4.86. The highest BCUT2D eigenvalue weighted by Gasteiger charge is 2.35. The van der Waals surface area contributed by atoms with Crippen molar-refractivity contribution in [1.82, 2.24) is 0 Å². The van der Waals surface area contributed by atoms with E-state index in [4.69, 9.17) is 9.47 Å². The Morgan fingerprint density at radius 3 is 2.67 bits per heavy atom. The topological polar surface area (TPSA) is 55.8 Å². The van der Waals surface area contributed by atoms with Crippen molar-refractivity contribution in [2.45, 2.75) is 25.4 Å². The van der Waals surface area contributed by atoms with Crippen molar-refractivity contribution in [2.24, 2.45) is 5.92 Å². The first-order chi connectivity index (χ1) is 8.75. The third-order valence-corrected chi connectivity index (χ3v) is 3.37. The summed E-state index contributed by atoms with van der Waals surface area (Å²) in [5.41, 5.74) is 0.499. The second-order valence-electron chi connectivity index (χ2n) is 4.86. The lowest BCUT2D eigenvalue weighted by atomic mass is 10.0. The molecule has 0 saturated heterocycles. The molecule has 96 valence electrons. The zero-order valence-electron chi connectivity index (χ0n) is 10.1. The molecule has 0 radical (unpaired) electrons. The molecule has 1 unspecified atom stereocenters. The average Bonchev–Trinajstić information content (AvgIpc) is 3.22. The number of carbonyl (C=O) groups excluding carboxylic acids is 1. The predicted octanol–water partition coefficient (Wildman–Crippen LogP) is 1.80. The van der Waals surface area contributed by atoms with Crippen LogP contribution < -0.4 is 9.47 Å². The number of hydrogen-bond acceptors (Lipinski definition) is 4. The summed E-state index contributed by atoms with van der Waals surface area (Å²) < 4.78 is 11.0. The van der Waals surface area contributed by atoms with Crippen molar-refractivity contribution >= 4 is 5.78 Å². The zero-order valence-corrected chi connectivity index (χ0v) is 10.1. The summed E-state index contributed by atoms with van der Waals surface area (Å²) in [7, 11) is 0. The SMILES string of the molecule is O=C(c1ccc2c(c1)OCCCO2)C(O)C1CC1. The van der Waals surface area contributed by atoms with E-state index in [-0.39, 0.29) is 11.7 Å². The van der Waals surface area contributed by atoms with E-state index in [1.54, 1.807) is 18.2 Å². The van der Waals surface area contributed by atoms with Crippen LogP contribution in [0, 0.1) is 5.92 Å². The van der Waals surface area contributed by atoms with Crippen molar-refractivity contribution in [3.8, 4) is 11.5 Å². The summed E-state index contributed by atoms with van der Waals surface area (Å²) in [6, 6.07) is 5.11. The zero-order chi connectivity index (χ0) is 12.5. The van der Waals surface area contributed by atoms with Crippen LogP contribution in [0.25, 0.3) is 0 Å². The van der Waals surface area contributed by atoms with Crippen molar-refractivity contribution in [1.29, 1.82) is 0 Å². The molecule has 0 spiro atoms. The van der Waals surface area contributed by atoms with Crippen LogP contribution in [0.2, 0.25) is 0 Å². The molecular weight excluding hydrogens is 232 g/mol. The molecule has 1 aliphatic heterocycles. The van der Waals surface area contributed by atoms with E-state index < -0.39 is 6.10 Å². The van der Waals surface area contributed by atoms with Crippen LogP contribution in [0.5, 0.6) is 11.5 Å². The molecule has 4 nitrogen and oxygen atoms in total. The van der Waals surface area contributed by atoms with E-state index in [2.05, 4.69) is 0 Å². The molecule has 1 fully saturated rings. The van der Waals surface area contributed by atoms with Gasteiger partial charge in [0.15, 0.2) is 17.3 Å². The van der Waals surface area contributed by atoms with Crippen LogP contribution in [0.4, 0.5) is 0 Å². The minimum absolute atomic E-state index is 0.147. The number of Topliss-reactive ketones (excluding diaryl/α,β-unsaturated/α-hetero) is 1.